The second-order valence-corrected chi connectivity index (χ2v) is 4.70. The number of hydrogen-bond acceptors (Lipinski definition) is 3. The summed E-state index contributed by atoms with van der Waals surface area (Å²) >= 11 is 1.70. The Hall–Kier alpha value is -0.220. The third-order valence-electron chi connectivity index (χ3n) is 1.84. The van der Waals surface area contributed by atoms with Crippen LogP contribution in [0.2, 0.25) is 0 Å². The van der Waals surface area contributed by atoms with Crippen LogP contribution in [0.25, 0.3) is 0 Å². The molecule has 0 fully saturated rings. The van der Waals surface area contributed by atoms with Crippen LogP contribution in [-0.2, 0) is 4.79 Å². The van der Waals surface area contributed by atoms with Crippen LogP contribution < -0.4 is 11.5 Å². The lowest BCUT2D eigenvalue weighted by atomic mass is 10.2. The summed E-state index contributed by atoms with van der Waals surface area (Å²) in [6.07, 6.45) is 0. The number of carbonyl (C=O) groups is 1. The number of rotatable bonds is 5. The van der Waals surface area contributed by atoms with Crippen molar-refractivity contribution in [1.29, 1.82) is 0 Å². The highest BCUT2D eigenvalue weighted by atomic mass is 32.2. The van der Waals surface area contributed by atoms with Crippen molar-refractivity contribution in [1.82, 2.24) is 0 Å². The van der Waals surface area contributed by atoms with E-state index in [0.717, 1.165) is 0 Å². The van der Waals surface area contributed by atoms with E-state index in [1.807, 2.05) is 0 Å². The minimum atomic E-state index is -0.504. The van der Waals surface area contributed by atoms with E-state index in [9.17, 15) is 4.79 Å². The Morgan fingerprint density at radius 2 is 1.92 bits per heavy atom. The van der Waals surface area contributed by atoms with Crippen LogP contribution in [0.4, 0.5) is 0 Å². The molecule has 0 aromatic carbocycles. The van der Waals surface area contributed by atoms with Crippen molar-refractivity contribution in [2.45, 2.75) is 32.1 Å². The highest BCUT2D eigenvalue weighted by molar-refractivity contribution is 7.99. The molecule has 0 aliphatic heterocycles. The van der Waals surface area contributed by atoms with Crippen molar-refractivity contribution >= 4 is 17.7 Å². The first-order chi connectivity index (χ1) is 5.45. The van der Waals surface area contributed by atoms with Crippen molar-refractivity contribution in [2.24, 2.45) is 17.4 Å². The molecule has 72 valence electrons. The molecule has 0 spiro atoms. The maximum absolute atomic E-state index is 10.6. The van der Waals surface area contributed by atoms with Gasteiger partial charge in [-0.2, -0.15) is 11.8 Å². The molecule has 0 saturated carbocycles. The van der Waals surface area contributed by atoms with Crippen LogP contribution in [0.5, 0.6) is 0 Å². The molecule has 2 atom stereocenters. The van der Waals surface area contributed by atoms with E-state index in [2.05, 4.69) is 20.8 Å². The molecule has 0 aliphatic rings. The zero-order valence-corrected chi connectivity index (χ0v) is 8.73. The van der Waals surface area contributed by atoms with Gasteiger partial charge < -0.3 is 11.5 Å². The van der Waals surface area contributed by atoms with Gasteiger partial charge in [-0.25, -0.2) is 0 Å². The highest BCUT2D eigenvalue weighted by Crippen LogP contribution is 2.18. The Morgan fingerprint density at radius 1 is 1.42 bits per heavy atom. The van der Waals surface area contributed by atoms with Crippen LogP contribution in [0.15, 0.2) is 0 Å². The molecule has 12 heavy (non-hydrogen) atoms. The maximum atomic E-state index is 10.6. The Balaban J connectivity index is 3.61. The molecule has 4 N–H and O–H groups in total. The molecule has 0 bridgehead atoms. The summed E-state index contributed by atoms with van der Waals surface area (Å²) in [4.78, 5) is 10.6. The molecule has 0 heterocycles. The van der Waals surface area contributed by atoms with Gasteiger partial charge in [0.2, 0.25) is 5.91 Å². The quantitative estimate of drug-likeness (QED) is 0.666. The van der Waals surface area contributed by atoms with E-state index in [1.54, 1.807) is 11.8 Å². The molecule has 0 aromatic rings. The summed E-state index contributed by atoms with van der Waals surface area (Å²) in [5, 5.41) is 0.524. The van der Waals surface area contributed by atoms with Gasteiger partial charge in [0.1, 0.15) is 0 Å². The van der Waals surface area contributed by atoms with Gasteiger partial charge in [0, 0.05) is 11.0 Å². The van der Waals surface area contributed by atoms with Gasteiger partial charge in [-0.3, -0.25) is 4.79 Å². The Morgan fingerprint density at radius 3 is 2.25 bits per heavy atom. The first-order valence-electron chi connectivity index (χ1n) is 4.11. The lowest BCUT2D eigenvalue weighted by Gasteiger charge is -2.16. The standard InChI is InChI=1S/C8H18N2OS/c1-5(2)6(3)12-4-7(9)8(10)11/h5-7H,4,9H2,1-3H3,(H2,10,11). The minimum Gasteiger partial charge on any atom is -0.368 e. The van der Waals surface area contributed by atoms with E-state index < -0.39 is 11.9 Å². The predicted octanol–water partition coefficient (Wildman–Crippen LogP) is 0.577. The molecule has 0 aromatic heterocycles. The van der Waals surface area contributed by atoms with Gasteiger partial charge in [0.15, 0.2) is 0 Å². The Bertz CT molecular complexity index is 150. The van der Waals surface area contributed by atoms with E-state index in [4.69, 9.17) is 11.5 Å². The number of hydrogen-bond donors (Lipinski definition) is 2. The fourth-order valence-electron chi connectivity index (χ4n) is 0.530. The average Bonchev–Trinajstić information content (AvgIpc) is 1.98. The molecular formula is C8H18N2OS. The summed E-state index contributed by atoms with van der Waals surface area (Å²) in [6.45, 7) is 6.42. The maximum Gasteiger partial charge on any atom is 0.235 e. The number of primary amides is 1. The van der Waals surface area contributed by atoms with Gasteiger partial charge in [0.25, 0.3) is 0 Å². The van der Waals surface area contributed by atoms with Gasteiger partial charge in [-0.1, -0.05) is 20.8 Å². The van der Waals surface area contributed by atoms with Crippen LogP contribution in [0.3, 0.4) is 0 Å². The van der Waals surface area contributed by atoms with Crippen molar-refractivity contribution in [3.8, 4) is 0 Å². The Kier molecular flexibility index (Phi) is 5.33. The summed E-state index contributed by atoms with van der Waals surface area (Å²) < 4.78 is 0. The lowest BCUT2D eigenvalue weighted by Crippen LogP contribution is -2.38. The molecule has 0 radical (unpaired) electrons. The van der Waals surface area contributed by atoms with Gasteiger partial charge >= 0.3 is 0 Å². The van der Waals surface area contributed by atoms with Crippen LogP contribution in [0, 0.1) is 5.92 Å². The van der Waals surface area contributed by atoms with Crippen LogP contribution in [0.1, 0.15) is 20.8 Å². The van der Waals surface area contributed by atoms with Crippen molar-refractivity contribution < 1.29 is 4.79 Å². The second kappa shape index (κ2) is 5.43. The first kappa shape index (κ1) is 11.8. The summed E-state index contributed by atoms with van der Waals surface area (Å²) in [5.41, 5.74) is 10.5. The zero-order valence-electron chi connectivity index (χ0n) is 7.91. The van der Waals surface area contributed by atoms with Crippen molar-refractivity contribution in [3.05, 3.63) is 0 Å². The smallest absolute Gasteiger partial charge is 0.235 e. The number of amides is 1. The zero-order chi connectivity index (χ0) is 9.72. The highest BCUT2D eigenvalue weighted by Gasteiger charge is 2.13. The van der Waals surface area contributed by atoms with Gasteiger partial charge in [-0.05, 0) is 5.92 Å². The number of thioether (sulfide) groups is 1. The van der Waals surface area contributed by atoms with E-state index in [0.29, 0.717) is 16.9 Å². The molecule has 0 aliphatic carbocycles. The molecular weight excluding hydrogens is 172 g/mol. The topological polar surface area (TPSA) is 69.1 Å². The summed E-state index contributed by atoms with van der Waals surface area (Å²) in [6, 6.07) is -0.504. The number of nitrogens with two attached hydrogens (primary N) is 2. The first-order valence-corrected chi connectivity index (χ1v) is 5.16. The molecule has 0 rings (SSSR count). The third-order valence-corrected chi connectivity index (χ3v) is 3.46. The number of carbonyl (C=O) groups excluding carboxylic acids is 1. The molecule has 3 nitrogen and oxygen atoms in total. The fourth-order valence-corrected chi connectivity index (χ4v) is 1.59. The van der Waals surface area contributed by atoms with Crippen LogP contribution in [-0.4, -0.2) is 23.0 Å². The van der Waals surface area contributed by atoms with Gasteiger partial charge in [-0.15, -0.1) is 0 Å². The van der Waals surface area contributed by atoms with Gasteiger partial charge in [0.05, 0.1) is 6.04 Å². The summed E-state index contributed by atoms with van der Waals surface area (Å²) in [5.74, 6) is 0.808. The van der Waals surface area contributed by atoms with Crippen LogP contribution >= 0.6 is 11.8 Å². The molecule has 2 unspecified atom stereocenters. The average molecular weight is 190 g/mol. The van der Waals surface area contributed by atoms with Crippen molar-refractivity contribution in [3.63, 3.8) is 0 Å². The second-order valence-electron chi connectivity index (χ2n) is 3.29. The minimum absolute atomic E-state index is 0.418. The van der Waals surface area contributed by atoms with E-state index >= 15 is 0 Å². The van der Waals surface area contributed by atoms with Crippen molar-refractivity contribution in [2.75, 3.05) is 5.75 Å². The molecule has 0 saturated heterocycles. The summed E-state index contributed by atoms with van der Waals surface area (Å²) in [7, 11) is 0. The van der Waals surface area contributed by atoms with E-state index in [-0.39, 0.29) is 0 Å². The monoisotopic (exact) mass is 190 g/mol. The third kappa shape index (κ3) is 4.62. The predicted molar refractivity (Wildman–Crippen MR) is 53.9 cm³/mol. The fraction of sp³-hybridized carbons (Fsp3) is 0.875. The lowest BCUT2D eigenvalue weighted by molar-refractivity contribution is -0.118. The largest absolute Gasteiger partial charge is 0.368 e. The normalized spacial score (nSPS) is 16.1. The SMILES string of the molecule is CC(C)C(C)SCC(N)C(N)=O. The Labute approximate surface area is 78.3 Å². The molecule has 4 heteroatoms. The van der Waals surface area contributed by atoms with E-state index in [1.165, 1.54) is 0 Å². The molecule has 1 amide bonds.